The van der Waals surface area contributed by atoms with Gasteiger partial charge in [-0.1, -0.05) is 24.6 Å². The Balaban J connectivity index is 1.96. The van der Waals surface area contributed by atoms with E-state index in [1.54, 1.807) is 26.2 Å². The van der Waals surface area contributed by atoms with E-state index in [9.17, 15) is 9.59 Å². The smallest absolute Gasteiger partial charge is 0.253 e. The van der Waals surface area contributed by atoms with E-state index < -0.39 is 0 Å². The fraction of sp³-hybridized carbons (Fsp3) is 0.440. The number of benzene rings is 2. The Labute approximate surface area is 189 Å². The lowest BCUT2D eigenvalue weighted by Crippen LogP contribution is -2.36. The van der Waals surface area contributed by atoms with Gasteiger partial charge in [-0.05, 0) is 43.2 Å². The van der Waals surface area contributed by atoms with Crippen LogP contribution in [0.3, 0.4) is 0 Å². The van der Waals surface area contributed by atoms with Crippen molar-refractivity contribution in [3.63, 3.8) is 0 Å². The van der Waals surface area contributed by atoms with Gasteiger partial charge in [0, 0.05) is 31.1 Å². The van der Waals surface area contributed by atoms with Crippen molar-refractivity contribution in [3.05, 3.63) is 53.1 Å². The lowest BCUT2D eigenvalue weighted by molar-refractivity contribution is -0.124. The molecule has 0 unspecified atom stereocenters. The van der Waals surface area contributed by atoms with E-state index in [-0.39, 0.29) is 23.7 Å². The molecule has 0 bridgehead atoms. The summed E-state index contributed by atoms with van der Waals surface area (Å²) in [6, 6.07) is 11.2. The largest absolute Gasteiger partial charge is 0.493 e. The van der Waals surface area contributed by atoms with E-state index in [1.807, 2.05) is 50.2 Å². The maximum Gasteiger partial charge on any atom is 0.253 e. The number of likely N-dealkylation sites (tertiary alicyclic amines) is 1. The van der Waals surface area contributed by atoms with E-state index in [0.717, 1.165) is 17.5 Å². The zero-order valence-electron chi connectivity index (χ0n) is 19.4. The highest BCUT2D eigenvalue weighted by Gasteiger charge is 2.41. The van der Waals surface area contributed by atoms with Crippen LogP contribution in [0.2, 0.25) is 0 Å². The lowest BCUT2D eigenvalue weighted by atomic mass is 9.88. The zero-order valence-corrected chi connectivity index (χ0v) is 19.4. The molecule has 0 spiro atoms. The number of aryl methyl sites for hydroxylation is 1. The minimum atomic E-state index is -0.376. The maximum absolute atomic E-state index is 13.2. The maximum atomic E-state index is 13.2. The quantitative estimate of drug-likeness (QED) is 0.681. The van der Waals surface area contributed by atoms with Crippen LogP contribution in [0.15, 0.2) is 36.4 Å². The van der Waals surface area contributed by atoms with Gasteiger partial charge in [-0.25, -0.2) is 0 Å². The Morgan fingerprint density at radius 1 is 1.00 bits per heavy atom. The molecule has 1 saturated heterocycles. The molecule has 3 rings (SSSR count). The van der Waals surface area contributed by atoms with Crippen LogP contribution in [0, 0.1) is 12.8 Å². The predicted octanol–water partition coefficient (Wildman–Crippen LogP) is 3.40. The first-order valence-corrected chi connectivity index (χ1v) is 10.9. The topological polar surface area (TPSA) is 77.1 Å². The van der Waals surface area contributed by atoms with Crippen LogP contribution in [-0.4, -0.2) is 57.7 Å². The van der Waals surface area contributed by atoms with Crippen molar-refractivity contribution in [1.29, 1.82) is 0 Å². The molecule has 7 nitrogen and oxygen atoms in total. The molecule has 1 N–H and O–H groups in total. The lowest BCUT2D eigenvalue weighted by Gasteiger charge is -2.21. The molecule has 0 saturated carbocycles. The van der Waals surface area contributed by atoms with Gasteiger partial charge in [0.05, 0.1) is 27.2 Å². The van der Waals surface area contributed by atoms with Crippen LogP contribution in [0.1, 0.15) is 40.7 Å². The first-order chi connectivity index (χ1) is 15.4. The Hall–Kier alpha value is -3.22. The van der Waals surface area contributed by atoms with Crippen LogP contribution in [0.4, 0.5) is 0 Å². The summed E-state index contributed by atoms with van der Waals surface area (Å²) in [4.78, 5) is 28.0. The summed E-state index contributed by atoms with van der Waals surface area (Å²) in [7, 11) is 4.68. The Morgan fingerprint density at radius 2 is 1.62 bits per heavy atom. The molecule has 1 heterocycles. The number of methoxy groups -OCH3 is 3. The summed E-state index contributed by atoms with van der Waals surface area (Å²) < 4.78 is 16.5. The molecule has 172 valence electrons. The summed E-state index contributed by atoms with van der Waals surface area (Å²) in [5.41, 5.74) is 2.58. The summed E-state index contributed by atoms with van der Waals surface area (Å²) in [6.07, 6.45) is 0.847. The molecule has 2 aromatic rings. The molecule has 7 heteroatoms. The van der Waals surface area contributed by atoms with Crippen molar-refractivity contribution in [3.8, 4) is 17.2 Å². The van der Waals surface area contributed by atoms with E-state index in [4.69, 9.17) is 14.2 Å². The van der Waals surface area contributed by atoms with Gasteiger partial charge in [-0.15, -0.1) is 0 Å². The number of carbonyl (C=O) groups is 2. The van der Waals surface area contributed by atoms with E-state index >= 15 is 0 Å². The van der Waals surface area contributed by atoms with Crippen LogP contribution >= 0.6 is 0 Å². The van der Waals surface area contributed by atoms with E-state index in [0.29, 0.717) is 42.4 Å². The van der Waals surface area contributed by atoms with Gasteiger partial charge < -0.3 is 24.4 Å². The van der Waals surface area contributed by atoms with E-state index in [1.165, 1.54) is 0 Å². The van der Waals surface area contributed by atoms with Crippen molar-refractivity contribution in [2.75, 3.05) is 41.0 Å². The monoisotopic (exact) mass is 440 g/mol. The van der Waals surface area contributed by atoms with Gasteiger partial charge in [0.25, 0.3) is 5.91 Å². The summed E-state index contributed by atoms with van der Waals surface area (Å²) in [5.74, 6) is 0.846. The van der Waals surface area contributed by atoms with Crippen molar-refractivity contribution >= 4 is 11.8 Å². The Morgan fingerprint density at radius 3 is 2.16 bits per heavy atom. The van der Waals surface area contributed by atoms with Crippen molar-refractivity contribution < 1.29 is 23.8 Å². The van der Waals surface area contributed by atoms with Gasteiger partial charge in [0.1, 0.15) is 0 Å². The molecule has 2 aromatic carbocycles. The predicted molar refractivity (Wildman–Crippen MR) is 123 cm³/mol. The van der Waals surface area contributed by atoms with Crippen LogP contribution < -0.4 is 19.5 Å². The van der Waals surface area contributed by atoms with Gasteiger partial charge in [-0.2, -0.15) is 0 Å². The van der Waals surface area contributed by atoms with Gasteiger partial charge >= 0.3 is 0 Å². The standard InChI is InChI=1S/C25H32N2O5/c1-6-11-26-24(28)20-15-27(25(29)17-9-7-16(2)8-10-17)14-19(20)18-12-21(30-3)23(32-5)22(13-18)31-4/h7-10,12-13,19-20H,6,11,14-15H2,1-5H3,(H,26,28)/t19-,20+/m0/s1. The molecule has 0 aromatic heterocycles. The van der Waals surface area contributed by atoms with Crippen LogP contribution in [-0.2, 0) is 4.79 Å². The van der Waals surface area contributed by atoms with Crippen LogP contribution in [0.5, 0.6) is 17.2 Å². The number of ether oxygens (including phenoxy) is 3. The third kappa shape index (κ3) is 4.82. The van der Waals surface area contributed by atoms with Crippen LogP contribution in [0.25, 0.3) is 0 Å². The summed E-state index contributed by atoms with van der Waals surface area (Å²) in [5, 5.41) is 3.00. The molecule has 1 fully saturated rings. The fourth-order valence-electron chi connectivity index (χ4n) is 4.15. The fourth-order valence-corrected chi connectivity index (χ4v) is 4.15. The van der Waals surface area contributed by atoms with Crippen molar-refractivity contribution in [2.24, 2.45) is 5.92 Å². The summed E-state index contributed by atoms with van der Waals surface area (Å²) >= 11 is 0. The molecule has 2 atom stereocenters. The minimum absolute atomic E-state index is 0.0511. The Kier molecular flexibility index (Phi) is 7.62. The second kappa shape index (κ2) is 10.4. The number of rotatable bonds is 8. The van der Waals surface area contributed by atoms with Gasteiger partial charge in [0.15, 0.2) is 11.5 Å². The average molecular weight is 441 g/mol. The molecule has 1 aliphatic rings. The minimum Gasteiger partial charge on any atom is -0.493 e. The van der Waals surface area contributed by atoms with Crippen molar-refractivity contribution in [1.82, 2.24) is 10.2 Å². The average Bonchev–Trinajstić information content (AvgIpc) is 3.27. The number of nitrogens with one attached hydrogen (secondary N) is 1. The molecular formula is C25H32N2O5. The first kappa shape index (κ1) is 23.4. The third-order valence-electron chi connectivity index (χ3n) is 5.91. The molecule has 0 radical (unpaired) electrons. The highest BCUT2D eigenvalue weighted by atomic mass is 16.5. The number of amides is 2. The number of hydrogen-bond donors (Lipinski definition) is 1. The normalized spacial score (nSPS) is 17.7. The number of hydrogen-bond acceptors (Lipinski definition) is 5. The van der Waals surface area contributed by atoms with Gasteiger partial charge in [-0.3, -0.25) is 9.59 Å². The Bertz CT molecular complexity index is 932. The highest BCUT2D eigenvalue weighted by Crippen LogP contribution is 2.43. The highest BCUT2D eigenvalue weighted by molar-refractivity contribution is 5.95. The molecule has 32 heavy (non-hydrogen) atoms. The van der Waals surface area contributed by atoms with Gasteiger partial charge in [0.2, 0.25) is 11.7 Å². The zero-order chi connectivity index (χ0) is 23.3. The van der Waals surface area contributed by atoms with Crippen molar-refractivity contribution in [2.45, 2.75) is 26.2 Å². The molecule has 2 amide bonds. The molecule has 0 aliphatic carbocycles. The molecule has 1 aliphatic heterocycles. The SMILES string of the molecule is CCCNC(=O)[C@@H]1CN(C(=O)c2ccc(C)cc2)C[C@H]1c1cc(OC)c(OC)c(OC)c1. The molecular weight excluding hydrogens is 408 g/mol. The second-order valence-corrected chi connectivity index (χ2v) is 8.04. The number of carbonyl (C=O) groups excluding carboxylic acids is 2. The third-order valence-corrected chi connectivity index (χ3v) is 5.91. The first-order valence-electron chi connectivity index (χ1n) is 10.9. The summed E-state index contributed by atoms with van der Waals surface area (Å²) in [6.45, 7) is 5.37. The number of nitrogens with zero attached hydrogens (tertiary/aromatic N) is 1. The van der Waals surface area contributed by atoms with E-state index in [2.05, 4.69) is 5.32 Å². The second-order valence-electron chi connectivity index (χ2n) is 8.04.